The molecule has 1 atom stereocenters. The van der Waals surface area contributed by atoms with Crippen LogP contribution in [0.2, 0.25) is 0 Å². The van der Waals surface area contributed by atoms with Gasteiger partial charge in [-0.2, -0.15) is 13.2 Å². The monoisotopic (exact) mass is 316 g/mol. The molecule has 2 rings (SSSR count). The third-order valence-electron chi connectivity index (χ3n) is 3.97. The number of nitrogens with two attached hydrogens (primary N) is 1. The first kappa shape index (κ1) is 16.1. The van der Waals surface area contributed by atoms with Crippen molar-refractivity contribution in [3.05, 3.63) is 29.3 Å². The Bertz CT molecular complexity index is 540. The molecule has 0 saturated carbocycles. The highest BCUT2D eigenvalue weighted by molar-refractivity contribution is 7.80. The van der Waals surface area contributed by atoms with Gasteiger partial charge in [-0.05, 0) is 37.0 Å². The van der Waals surface area contributed by atoms with Crippen LogP contribution in [0.5, 0.6) is 0 Å². The van der Waals surface area contributed by atoms with Crippen LogP contribution in [0.1, 0.15) is 37.8 Å². The van der Waals surface area contributed by atoms with Crippen molar-refractivity contribution in [1.29, 1.82) is 0 Å². The molecule has 1 saturated heterocycles. The number of hydrogen-bond donors (Lipinski definition) is 1. The normalized spacial score (nSPS) is 19.3. The summed E-state index contributed by atoms with van der Waals surface area (Å²) < 4.78 is 39.0. The molecule has 2 N–H and O–H groups in total. The smallest absolute Gasteiger partial charge is 0.389 e. The predicted octanol–water partition coefficient (Wildman–Crippen LogP) is 3.96. The minimum Gasteiger partial charge on any atom is -0.389 e. The predicted molar refractivity (Wildman–Crippen MR) is 82.5 cm³/mol. The molecule has 1 aromatic carbocycles. The van der Waals surface area contributed by atoms with Crippen molar-refractivity contribution >= 4 is 22.9 Å². The molecule has 1 fully saturated rings. The molecule has 1 heterocycles. The highest BCUT2D eigenvalue weighted by Crippen LogP contribution is 2.36. The van der Waals surface area contributed by atoms with Gasteiger partial charge in [-0.1, -0.05) is 26.1 Å². The number of hydrogen-bond acceptors (Lipinski definition) is 2. The Balaban J connectivity index is 2.43. The molecule has 6 heteroatoms. The minimum absolute atomic E-state index is 0.0931. The standard InChI is InChI=1S/C15H19F3N2S/c1-9(2)13-4-3-7-20(13)10-5-6-12(15(16,17)18)11(8-10)14(19)21/h5-6,8-9,13H,3-4,7H2,1-2H3,(H2,19,21). The van der Waals surface area contributed by atoms with Crippen molar-refractivity contribution in [1.82, 2.24) is 0 Å². The maximum atomic E-state index is 13.0. The summed E-state index contributed by atoms with van der Waals surface area (Å²) in [7, 11) is 0. The van der Waals surface area contributed by atoms with Crippen molar-refractivity contribution in [2.24, 2.45) is 11.7 Å². The van der Waals surface area contributed by atoms with E-state index in [9.17, 15) is 13.2 Å². The molecule has 0 amide bonds. The van der Waals surface area contributed by atoms with Gasteiger partial charge in [0.1, 0.15) is 4.99 Å². The topological polar surface area (TPSA) is 29.3 Å². The molecule has 1 aliphatic heterocycles. The van der Waals surface area contributed by atoms with Crippen LogP contribution in [0.3, 0.4) is 0 Å². The Kier molecular flexibility index (Phi) is 4.46. The molecule has 1 unspecified atom stereocenters. The van der Waals surface area contributed by atoms with Crippen LogP contribution < -0.4 is 10.6 Å². The quantitative estimate of drug-likeness (QED) is 0.856. The lowest BCUT2D eigenvalue weighted by atomic mass is 10.0. The number of thiocarbonyl (C=S) groups is 1. The van der Waals surface area contributed by atoms with Crippen LogP contribution in [0.4, 0.5) is 18.9 Å². The van der Waals surface area contributed by atoms with Crippen LogP contribution in [0.25, 0.3) is 0 Å². The zero-order valence-corrected chi connectivity index (χ0v) is 12.9. The van der Waals surface area contributed by atoms with Crippen molar-refractivity contribution in [3.63, 3.8) is 0 Å². The van der Waals surface area contributed by atoms with Crippen LogP contribution in [-0.4, -0.2) is 17.6 Å². The second-order valence-electron chi connectivity index (χ2n) is 5.74. The van der Waals surface area contributed by atoms with E-state index < -0.39 is 11.7 Å². The van der Waals surface area contributed by atoms with Gasteiger partial charge < -0.3 is 10.6 Å². The van der Waals surface area contributed by atoms with Crippen molar-refractivity contribution in [3.8, 4) is 0 Å². The summed E-state index contributed by atoms with van der Waals surface area (Å²) in [6, 6.07) is 4.43. The van der Waals surface area contributed by atoms with Crippen molar-refractivity contribution in [2.45, 2.75) is 38.9 Å². The van der Waals surface area contributed by atoms with E-state index in [-0.39, 0.29) is 10.6 Å². The first-order chi connectivity index (χ1) is 9.71. The third-order valence-corrected chi connectivity index (χ3v) is 4.19. The number of alkyl halides is 3. The Labute approximate surface area is 128 Å². The molecule has 0 radical (unpaired) electrons. The lowest BCUT2D eigenvalue weighted by molar-refractivity contribution is -0.137. The number of anilines is 1. The fourth-order valence-corrected chi connectivity index (χ4v) is 3.14. The molecule has 0 aliphatic carbocycles. The Morgan fingerprint density at radius 2 is 2.05 bits per heavy atom. The molecule has 0 bridgehead atoms. The second kappa shape index (κ2) is 5.83. The average Bonchev–Trinajstić information content (AvgIpc) is 2.86. The summed E-state index contributed by atoms with van der Waals surface area (Å²) in [4.78, 5) is 1.94. The summed E-state index contributed by atoms with van der Waals surface area (Å²) in [5, 5.41) is 0. The van der Waals surface area contributed by atoms with Gasteiger partial charge in [-0.3, -0.25) is 0 Å². The maximum Gasteiger partial charge on any atom is 0.417 e. The second-order valence-corrected chi connectivity index (χ2v) is 6.18. The fraction of sp³-hybridized carbons (Fsp3) is 0.533. The maximum absolute atomic E-state index is 13.0. The van der Waals surface area contributed by atoms with Gasteiger partial charge in [-0.15, -0.1) is 0 Å². The van der Waals surface area contributed by atoms with E-state index in [1.165, 1.54) is 12.1 Å². The SMILES string of the molecule is CC(C)C1CCCN1c1ccc(C(F)(F)F)c(C(N)=S)c1. The van der Waals surface area contributed by atoms with E-state index in [0.717, 1.165) is 31.1 Å². The molecule has 21 heavy (non-hydrogen) atoms. The third kappa shape index (κ3) is 3.31. The summed E-state index contributed by atoms with van der Waals surface area (Å²) in [5.41, 5.74) is 5.39. The Morgan fingerprint density at radius 1 is 1.38 bits per heavy atom. The lowest BCUT2D eigenvalue weighted by Crippen LogP contribution is -2.33. The van der Waals surface area contributed by atoms with E-state index >= 15 is 0 Å². The van der Waals surface area contributed by atoms with Gasteiger partial charge in [0.2, 0.25) is 0 Å². The molecule has 1 aliphatic rings. The highest BCUT2D eigenvalue weighted by atomic mass is 32.1. The zero-order valence-electron chi connectivity index (χ0n) is 12.1. The van der Waals surface area contributed by atoms with Gasteiger partial charge in [0.25, 0.3) is 0 Å². The van der Waals surface area contributed by atoms with Gasteiger partial charge in [0.05, 0.1) is 5.56 Å². The number of halogens is 3. The van der Waals surface area contributed by atoms with Gasteiger partial charge in [0.15, 0.2) is 0 Å². The van der Waals surface area contributed by atoms with E-state index in [1.54, 1.807) is 0 Å². The zero-order chi connectivity index (χ0) is 15.8. The van der Waals surface area contributed by atoms with Crippen LogP contribution in [-0.2, 0) is 6.18 Å². The fourth-order valence-electron chi connectivity index (χ4n) is 2.97. The van der Waals surface area contributed by atoms with E-state index in [0.29, 0.717) is 12.0 Å². The summed E-state index contributed by atoms with van der Waals surface area (Å²) in [6.45, 7) is 5.11. The van der Waals surface area contributed by atoms with Crippen LogP contribution >= 0.6 is 12.2 Å². The van der Waals surface area contributed by atoms with E-state index in [1.807, 2.05) is 0 Å². The van der Waals surface area contributed by atoms with E-state index in [2.05, 4.69) is 18.7 Å². The molecule has 0 spiro atoms. The Morgan fingerprint density at radius 3 is 2.57 bits per heavy atom. The molecule has 116 valence electrons. The van der Waals surface area contributed by atoms with Crippen LogP contribution in [0.15, 0.2) is 18.2 Å². The molecular formula is C15H19F3N2S. The number of rotatable bonds is 3. The number of nitrogens with zero attached hydrogens (tertiary/aromatic N) is 1. The first-order valence-electron chi connectivity index (χ1n) is 6.99. The Hall–Kier alpha value is -1.30. The summed E-state index contributed by atoms with van der Waals surface area (Å²) >= 11 is 4.79. The number of benzene rings is 1. The molecule has 1 aromatic rings. The van der Waals surface area contributed by atoms with Gasteiger partial charge in [-0.25, -0.2) is 0 Å². The molecule has 0 aromatic heterocycles. The molecular weight excluding hydrogens is 297 g/mol. The highest BCUT2D eigenvalue weighted by Gasteiger charge is 2.35. The molecule has 2 nitrogen and oxygen atoms in total. The summed E-state index contributed by atoms with van der Waals surface area (Å²) in [6.07, 6.45) is -2.34. The van der Waals surface area contributed by atoms with Gasteiger partial charge >= 0.3 is 6.18 Å². The van der Waals surface area contributed by atoms with Gasteiger partial charge in [0, 0.05) is 23.8 Å². The average molecular weight is 316 g/mol. The lowest BCUT2D eigenvalue weighted by Gasteiger charge is -2.30. The van der Waals surface area contributed by atoms with Crippen LogP contribution in [0, 0.1) is 5.92 Å². The van der Waals surface area contributed by atoms with E-state index in [4.69, 9.17) is 18.0 Å². The minimum atomic E-state index is -4.44. The van der Waals surface area contributed by atoms with Crippen molar-refractivity contribution in [2.75, 3.05) is 11.4 Å². The first-order valence-corrected chi connectivity index (χ1v) is 7.40. The van der Waals surface area contributed by atoms with Crippen molar-refractivity contribution < 1.29 is 13.2 Å². The summed E-state index contributed by atoms with van der Waals surface area (Å²) in [5.74, 6) is 0.447. The largest absolute Gasteiger partial charge is 0.417 e.